The minimum absolute atomic E-state index is 0.0371. The Morgan fingerprint density at radius 3 is 2.64 bits per heavy atom. The summed E-state index contributed by atoms with van der Waals surface area (Å²) in [5.41, 5.74) is 6.59. The molecule has 0 bridgehead atoms. The van der Waals surface area contributed by atoms with Crippen molar-refractivity contribution < 1.29 is 9.47 Å². The number of rotatable bonds is 2. The number of fused-ring (bicyclic) bond motifs is 2. The highest BCUT2D eigenvalue weighted by Crippen LogP contribution is 2.55. The number of ether oxygens (including phenoxy) is 2. The van der Waals surface area contributed by atoms with Gasteiger partial charge in [-0.2, -0.15) is 15.8 Å². The van der Waals surface area contributed by atoms with Crippen LogP contribution in [0.2, 0.25) is 0 Å². The molecule has 1 aromatic carbocycles. The lowest BCUT2D eigenvalue weighted by Gasteiger charge is -2.45. The van der Waals surface area contributed by atoms with Gasteiger partial charge in [0.1, 0.15) is 6.07 Å². The van der Waals surface area contributed by atoms with Crippen LogP contribution in [0.25, 0.3) is 0 Å². The lowest BCUT2D eigenvalue weighted by Crippen LogP contribution is -2.48. The van der Waals surface area contributed by atoms with E-state index < -0.39 is 11.3 Å². The molecule has 2 heterocycles. The molecule has 0 aromatic heterocycles. The predicted molar refractivity (Wildman–Crippen MR) is 99.5 cm³/mol. The molecule has 140 valence electrons. The van der Waals surface area contributed by atoms with Gasteiger partial charge in [-0.05, 0) is 29.8 Å². The van der Waals surface area contributed by atoms with Crippen LogP contribution in [0, 0.1) is 45.3 Å². The Bertz CT molecular complexity index is 1010. The highest BCUT2D eigenvalue weighted by molar-refractivity contribution is 5.60. The van der Waals surface area contributed by atoms with Crippen LogP contribution in [-0.2, 0) is 0 Å². The summed E-state index contributed by atoms with van der Waals surface area (Å²) in [7, 11) is 0. The standard InChI is InChI=1S/C21H19N5O2/c1-2-26-6-5-14-15(8-22)20(25)21(10-23,11-24)19(16(14)9-26)13-3-4-17-18(7-13)28-12-27-17/h3-5,7,16,19H,2,6,9,12,25H2,1H3/t16-,19-/m1/s1. The molecule has 1 aliphatic carbocycles. The number of allylic oxidation sites excluding steroid dienone is 2. The molecule has 2 atom stereocenters. The Labute approximate surface area is 163 Å². The van der Waals surface area contributed by atoms with Gasteiger partial charge < -0.3 is 15.2 Å². The van der Waals surface area contributed by atoms with Gasteiger partial charge in [-0.25, -0.2) is 0 Å². The van der Waals surface area contributed by atoms with Gasteiger partial charge in [-0.1, -0.05) is 19.1 Å². The molecule has 1 aromatic rings. The average molecular weight is 373 g/mol. The molecule has 0 saturated heterocycles. The smallest absolute Gasteiger partial charge is 0.231 e. The van der Waals surface area contributed by atoms with E-state index in [1.54, 1.807) is 6.07 Å². The van der Waals surface area contributed by atoms with Gasteiger partial charge in [0.05, 0.1) is 23.4 Å². The van der Waals surface area contributed by atoms with E-state index in [-0.39, 0.29) is 24.0 Å². The minimum Gasteiger partial charge on any atom is -0.454 e. The van der Waals surface area contributed by atoms with E-state index in [9.17, 15) is 15.8 Å². The summed E-state index contributed by atoms with van der Waals surface area (Å²) in [6.07, 6.45) is 2.00. The van der Waals surface area contributed by atoms with Crippen molar-refractivity contribution in [2.24, 2.45) is 17.1 Å². The lowest BCUT2D eigenvalue weighted by atomic mass is 9.58. The Balaban J connectivity index is 1.96. The third-order valence-electron chi connectivity index (χ3n) is 5.94. The van der Waals surface area contributed by atoms with Crippen LogP contribution in [0.3, 0.4) is 0 Å². The number of nitrogens with two attached hydrogens (primary N) is 1. The minimum atomic E-state index is -1.63. The van der Waals surface area contributed by atoms with Crippen LogP contribution >= 0.6 is 0 Å². The zero-order valence-electron chi connectivity index (χ0n) is 15.5. The van der Waals surface area contributed by atoms with Gasteiger partial charge >= 0.3 is 0 Å². The fraction of sp³-hybridized carbons (Fsp3) is 0.381. The number of nitrogens with zero attached hydrogens (tertiary/aromatic N) is 4. The van der Waals surface area contributed by atoms with Crippen molar-refractivity contribution in [3.05, 3.63) is 46.7 Å². The first-order valence-electron chi connectivity index (χ1n) is 9.14. The van der Waals surface area contributed by atoms with Crippen molar-refractivity contribution >= 4 is 0 Å². The van der Waals surface area contributed by atoms with Crippen LogP contribution in [0.15, 0.2) is 41.1 Å². The lowest BCUT2D eigenvalue weighted by molar-refractivity contribution is 0.173. The molecule has 4 rings (SSSR count). The van der Waals surface area contributed by atoms with Gasteiger partial charge in [0.25, 0.3) is 0 Å². The maximum Gasteiger partial charge on any atom is 0.231 e. The molecule has 2 aliphatic heterocycles. The molecular weight excluding hydrogens is 354 g/mol. The number of likely N-dealkylation sites (N-methyl/N-ethyl adjacent to an activating group) is 1. The SMILES string of the molecule is CCN1CC=C2C(C#N)=C(N)C(C#N)(C#N)[C@H](c3ccc4c(c3)OCO4)[C@@H]2C1. The summed E-state index contributed by atoms with van der Waals surface area (Å²) in [6, 6.07) is 11.9. The Kier molecular flexibility index (Phi) is 4.23. The number of nitriles is 3. The summed E-state index contributed by atoms with van der Waals surface area (Å²) in [6.45, 7) is 4.39. The monoisotopic (exact) mass is 373 g/mol. The number of benzene rings is 1. The zero-order valence-corrected chi connectivity index (χ0v) is 15.5. The summed E-state index contributed by atoms with van der Waals surface area (Å²) in [5, 5.41) is 29.9. The first-order valence-corrected chi connectivity index (χ1v) is 9.14. The largest absolute Gasteiger partial charge is 0.454 e. The number of hydrogen-bond acceptors (Lipinski definition) is 7. The van der Waals surface area contributed by atoms with Crippen molar-refractivity contribution in [1.82, 2.24) is 4.90 Å². The van der Waals surface area contributed by atoms with Crippen LogP contribution in [0.5, 0.6) is 11.5 Å². The van der Waals surface area contributed by atoms with Gasteiger partial charge in [0, 0.05) is 24.9 Å². The van der Waals surface area contributed by atoms with E-state index in [2.05, 4.69) is 30.0 Å². The highest BCUT2D eigenvalue weighted by atomic mass is 16.7. The maximum absolute atomic E-state index is 10.1. The second-order valence-corrected chi connectivity index (χ2v) is 7.14. The highest BCUT2D eigenvalue weighted by Gasteiger charge is 2.54. The number of hydrogen-bond donors (Lipinski definition) is 1. The molecule has 3 aliphatic rings. The fourth-order valence-electron chi connectivity index (χ4n) is 4.48. The maximum atomic E-state index is 10.1. The second kappa shape index (κ2) is 6.60. The summed E-state index contributed by atoms with van der Waals surface area (Å²) in [4.78, 5) is 2.23. The van der Waals surface area contributed by atoms with Crippen molar-refractivity contribution in [3.8, 4) is 29.7 Å². The zero-order chi connectivity index (χ0) is 19.9. The Hall–Kier alpha value is -3.47. The molecule has 0 spiro atoms. The molecule has 7 heteroatoms. The van der Waals surface area contributed by atoms with Crippen molar-refractivity contribution in [2.75, 3.05) is 26.4 Å². The van der Waals surface area contributed by atoms with Crippen LogP contribution in [0.4, 0.5) is 0 Å². The first-order chi connectivity index (χ1) is 13.6. The Morgan fingerprint density at radius 2 is 1.96 bits per heavy atom. The molecule has 7 nitrogen and oxygen atoms in total. The molecule has 2 N–H and O–H groups in total. The van der Waals surface area contributed by atoms with Gasteiger partial charge in [0.15, 0.2) is 16.9 Å². The van der Waals surface area contributed by atoms with E-state index >= 15 is 0 Å². The molecule has 0 radical (unpaired) electrons. The van der Waals surface area contributed by atoms with Gasteiger partial charge in [-0.15, -0.1) is 0 Å². The third-order valence-corrected chi connectivity index (χ3v) is 5.94. The van der Waals surface area contributed by atoms with E-state index in [1.807, 2.05) is 18.2 Å². The molecule has 0 fully saturated rings. The van der Waals surface area contributed by atoms with Crippen LogP contribution in [-0.4, -0.2) is 31.3 Å². The average Bonchev–Trinajstić information content (AvgIpc) is 3.20. The molecular formula is C21H19N5O2. The predicted octanol–water partition coefficient (Wildman–Crippen LogP) is 2.16. The molecule has 0 unspecified atom stereocenters. The topological polar surface area (TPSA) is 119 Å². The second-order valence-electron chi connectivity index (χ2n) is 7.14. The van der Waals surface area contributed by atoms with E-state index in [4.69, 9.17) is 15.2 Å². The van der Waals surface area contributed by atoms with Crippen molar-refractivity contribution in [1.29, 1.82) is 15.8 Å². The summed E-state index contributed by atoms with van der Waals surface area (Å²) in [5.74, 6) is 0.504. The van der Waals surface area contributed by atoms with Gasteiger partial charge in [0.2, 0.25) is 6.79 Å². The van der Waals surface area contributed by atoms with Crippen molar-refractivity contribution in [3.63, 3.8) is 0 Å². The van der Waals surface area contributed by atoms with Crippen LogP contribution in [0.1, 0.15) is 18.4 Å². The first kappa shape index (κ1) is 17.9. The normalized spacial score (nSPS) is 25.1. The third kappa shape index (κ3) is 2.36. The molecule has 28 heavy (non-hydrogen) atoms. The quantitative estimate of drug-likeness (QED) is 0.843. The van der Waals surface area contributed by atoms with Crippen LogP contribution < -0.4 is 15.2 Å². The molecule has 0 amide bonds. The molecule has 0 saturated carbocycles. The van der Waals surface area contributed by atoms with Gasteiger partial charge in [-0.3, -0.25) is 4.90 Å². The van der Waals surface area contributed by atoms with E-state index in [0.717, 1.165) is 17.7 Å². The Morgan fingerprint density at radius 1 is 1.21 bits per heavy atom. The summed E-state index contributed by atoms with van der Waals surface area (Å²) < 4.78 is 10.9. The summed E-state index contributed by atoms with van der Waals surface area (Å²) >= 11 is 0. The van der Waals surface area contributed by atoms with E-state index in [1.165, 1.54) is 0 Å². The fourth-order valence-corrected chi connectivity index (χ4v) is 4.48. The van der Waals surface area contributed by atoms with E-state index in [0.29, 0.717) is 24.6 Å². The van der Waals surface area contributed by atoms with Crippen molar-refractivity contribution in [2.45, 2.75) is 12.8 Å².